The van der Waals surface area contributed by atoms with E-state index < -0.39 is 0 Å². The van der Waals surface area contributed by atoms with Crippen LogP contribution < -0.4 is 0 Å². The zero-order chi connectivity index (χ0) is 11.4. The van der Waals surface area contributed by atoms with Crippen LogP contribution in [0.2, 0.25) is 0 Å². The molecule has 15 heavy (non-hydrogen) atoms. The van der Waals surface area contributed by atoms with E-state index in [1.165, 1.54) is 19.2 Å². The third kappa shape index (κ3) is 3.30. The molecule has 0 heterocycles. The van der Waals surface area contributed by atoms with Crippen molar-refractivity contribution in [1.82, 2.24) is 0 Å². The highest BCUT2D eigenvalue weighted by atomic mass is 79.9. The quantitative estimate of drug-likeness (QED) is 0.626. The normalized spacial score (nSPS) is 12.3. The van der Waals surface area contributed by atoms with Gasteiger partial charge in [-0.15, -0.1) is 0 Å². The summed E-state index contributed by atoms with van der Waals surface area (Å²) in [6, 6.07) is 4.52. The topological polar surface area (TPSA) is 26.3 Å². The molecule has 4 heteroatoms. The fourth-order valence-electron chi connectivity index (χ4n) is 1.29. The van der Waals surface area contributed by atoms with Crippen molar-refractivity contribution in [3.63, 3.8) is 0 Å². The molecule has 1 atom stereocenters. The number of alkyl halides is 1. The van der Waals surface area contributed by atoms with Gasteiger partial charge >= 0.3 is 5.97 Å². The van der Waals surface area contributed by atoms with E-state index in [0.717, 1.165) is 11.1 Å². The van der Waals surface area contributed by atoms with Crippen LogP contribution in [-0.4, -0.2) is 17.9 Å². The van der Waals surface area contributed by atoms with E-state index in [9.17, 15) is 9.18 Å². The Bertz CT molecular complexity index is 366. The van der Waals surface area contributed by atoms with E-state index in [1.54, 1.807) is 6.07 Å². The Morgan fingerprint density at radius 3 is 2.80 bits per heavy atom. The lowest BCUT2D eigenvalue weighted by Gasteiger charge is -2.09. The maximum atomic E-state index is 12.8. The lowest BCUT2D eigenvalue weighted by Crippen LogP contribution is -2.18. The van der Waals surface area contributed by atoms with Gasteiger partial charge in [0, 0.05) is 0 Å². The van der Waals surface area contributed by atoms with Crippen LogP contribution in [0.1, 0.15) is 11.1 Å². The van der Waals surface area contributed by atoms with Gasteiger partial charge in [-0.2, -0.15) is 0 Å². The summed E-state index contributed by atoms with van der Waals surface area (Å²) in [5.41, 5.74) is 1.77. The van der Waals surface area contributed by atoms with Crippen molar-refractivity contribution in [3.05, 3.63) is 35.1 Å². The van der Waals surface area contributed by atoms with E-state index >= 15 is 0 Å². The van der Waals surface area contributed by atoms with Crippen molar-refractivity contribution in [2.24, 2.45) is 0 Å². The Kier molecular flexibility index (Phi) is 4.27. The number of rotatable bonds is 3. The average Bonchev–Trinajstić information content (AvgIpc) is 2.20. The number of halogens is 2. The summed E-state index contributed by atoms with van der Waals surface area (Å²) in [6.07, 6.45) is 0.499. The molecule has 0 saturated carbocycles. The van der Waals surface area contributed by atoms with E-state index in [1.807, 2.05) is 6.92 Å². The summed E-state index contributed by atoms with van der Waals surface area (Å²) in [5, 5.41) is 0. The number of aryl methyl sites for hydroxylation is 1. The minimum absolute atomic E-state index is 0.263. The fraction of sp³-hybridized carbons (Fsp3) is 0.364. The number of esters is 1. The summed E-state index contributed by atoms with van der Waals surface area (Å²) in [6.45, 7) is 1.81. The van der Waals surface area contributed by atoms with Crippen LogP contribution >= 0.6 is 15.9 Å². The fourth-order valence-corrected chi connectivity index (χ4v) is 1.83. The van der Waals surface area contributed by atoms with Crippen molar-refractivity contribution in [2.75, 3.05) is 7.11 Å². The van der Waals surface area contributed by atoms with Crippen molar-refractivity contribution < 1.29 is 13.9 Å². The van der Waals surface area contributed by atoms with Crippen LogP contribution in [0, 0.1) is 12.7 Å². The molecule has 0 N–H and O–H groups in total. The number of hydrogen-bond donors (Lipinski definition) is 0. The lowest BCUT2D eigenvalue weighted by molar-refractivity contribution is -0.139. The second-order valence-electron chi connectivity index (χ2n) is 3.27. The largest absolute Gasteiger partial charge is 0.468 e. The minimum Gasteiger partial charge on any atom is -0.468 e. The van der Waals surface area contributed by atoms with Crippen LogP contribution in [0.15, 0.2) is 18.2 Å². The van der Waals surface area contributed by atoms with E-state index in [-0.39, 0.29) is 16.6 Å². The van der Waals surface area contributed by atoms with Crippen molar-refractivity contribution in [3.8, 4) is 0 Å². The van der Waals surface area contributed by atoms with Gasteiger partial charge in [-0.3, -0.25) is 4.79 Å². The van der Waals surface area contributed by atoms with Gasteiger partial charge in [0.05, 0.1) is 7.11 Å². The molecule has 0 aliphatic carbocycles. The van der Waals surface area contributed by atoms with Gasteiger partial charge in [-0.25, -0.2) is 4.39 Å². The van der Waals surface area contributed by atoms with Crippen LogP contribution in [0.4, 0.5) is 4.39 Å². The van der Waals surface area contributed by atoms with Crippen molar-refractivity contribution in [2.45, 2.75) is 18.2 Å². The molecule has 0 aliphatic heterocycles. The Morgan fingerprint density at radius 2 is 2.27 bits per heavy atom. The van der Waals surface area contributed by atoms with Gasteiger partial charge < -0.3 is 4.74 Å². The number of hydrogen-bond acceptors (Lipinski definition) is 2. The Labute approximate surface area is 96.6 Å². The molecule has 0 radical (unpaired) electrons. The predicted octanol–water partition coefficient (Wildman–Crippen LogP) is 2.61. The first-order valence-corrected chi connectivity index (χ1v) is 5.43. The molecular formula is C11H12BrFO2. The van der Waals surface area contributed by atoms with Crippen LogP contribution in [0.3, 0.4) is 0 Å². The summed E-state index contributed by atoms with van der Waals surface area (Å²) in [7, 11) is 1.34. The maximum Gasteiger partial charge on any atom is 0.319 e. The number of benzene rings is 1. The monoisotopic (exact) mass is 274 g/mol. The van der Waals surface area contributed by atoms with E-state index in [4.69, 9.17) is 0 Å². The first-order chi connectivity index (χ1) is 7.04. The number of carbonyl (C=O) groups is 1. The summed E-state index contributed by atoms with van der Waals surface area (Å²) >= 11 is 3.22. The number of carbonyl (C=O) groups excluding carboxylic acids is 1. The molecule has 0 bridgehead atoms. The highest BCUT2D eigenvalue weighted by Crippen LogP contribution is 2.16. The second-order valence-corrected chi connectivity index (χ2v) is 4.37. The summed E-state index contributed by atoms with van der Waals surface area (Å²) in [5.74, 6) is -0.584. The van der Waals surface area contributed by atoms with Gasteiger partial charge in [0.2, 0.25) is 0 Å². The van der Waals surface area contributed by atoms with Crippen molar-refractivity contribution >= 4 is 21.9 Å². The molecule has 0 spiro atoms. The summed E-state index contributed by atoms with van der Waals surface area (Å²) < 4.78 is 17.4. The van der Waals surface area contributed by atoms with Gasteiger partial charge in [-0.05, 0) is 36.6 Å². The maximum absolute atomic E-state index is 12.8. The molecule has 1 rings (SSSR count). The second kappa shape index (κ2) is 5.26. The van der Waals surface area contributed by atoms with Crippen molar-refractivity contribution in [1.29, 1.82) is 0 Å². The molecule has 0 amide bonds. The smallest absolute Gasteiger partial charge is 0.319 e. The molecule has 0 saturated heterocycles. The molecule has 0 aromatic heterocycles. The third-order valence-electron chi connectivity index (χ3n) is 2.16. The molecule has 0 fully saturated rings. The molecule has 1 unspecified atom stereocenters. The van der Waals surface area contributed by atoms with Gasteiger partial charge in [0.1, 0.15) is 10.6 Å². The number of ether oxygens (including phenoxy) is 1. The SMILES string of the molecule is COC(=O)C(Br)Cc1ccc(F)cc1C. The Morgan fingerprint density at radius 1 is 1.60 bits per heavy atom. The van der Waals surface area contributed by atoms with E-state index in [0.29, 0.717) is 6.42 Å². The van der Waals surface area contributed by atoms with Crippen LogP contribution in [0.5, 0.6) is 0 Å². The molecule has 82 valence electrons. The zero-order valence-electron chi connectivity index (χ0n) is 8.59. The first-order valence-electron chi connectivity index (χ1n) is 4.51. The number of methoxy groups -OCH3 is 1. The highest BCUT2D eigenvalue weighted by molar-refractivity contribution is 9.10. The minimum atomic E-state index is -0.383. The molecule has 2 nitrogen and oxygen atoms in total. The molecule has 1 aromatic rings. The predicted molar refractivity (Wildman–Crippen MR) is 59.6 cm³/mol. The van der Waals surface area contributed by atoms with Crippen LogP contribution in [0.25, 0.3) is 0 Å². The zero-order valence-corrected chi connectivity index (χ0v) is 10.2. The van der Waals surface area contributed by atoms with Crippen LogP contribution in [-0.2, 0) is 16.0 Å². The average molecular weight is 275 g/mol. The highest BCUT2D eigenvalue weighted by Gasteiger charge is 2.16. The van der Waals surface area contributed by atoms with Gasteiger partial charge in [0.25, 0.3) is 0 Å². The first kappa shape index (κ1) is 12.2. The lowest BCUT2D eigenvalue weighted by atomic mass is 10.0. The Hall–Kier alpha value is -0.900. The molecular weight excluding hydrogens is 263 g/mol. The van der Waals surface area contributed by atoms with Gasteiger partial charge in [-0.1, -0.05) is 22.0 Å². The standard InChI is InChI=1S/C11H12BrFO2/c1-7-5-9(13)4-3-8(7)6-10(12)11(14)15-2/h3-5,10H,6H2,1-2H3. The summed E-state index contributed by atoms with van der Waals surface area (Å²) in [4.78, 5) is 10.8. The third-order valence-corrected chi connectivity index (χ3v) is 2.86. The Balaban J connectivity index is 2.76. The molecule has 1 aromatic carbocycles. The van der Waals surface area contributed by atoms with E-state index in [2.05, 4.69) is 20.7 Å². The van der Waals surface area contributed by atoms with Gasteiger partial charge in [0.15, 0.2) is 0 Å². The molecule has 0 aliphatic rings.